The van der Waals surface area contributed by atoms with Crippen LogP contribution in [0.2, 0.25) is 0 Å². The molecule has 1 unspecified atom stereocenters. The molecule has 1 aromatic rings. The molecule has 5 heteroatoms. The highest BCUT2D eigenvalue weighted by Gasteiger charge is 2.20. The van der Waals surface area contributed by atoms with Crippen LogP contribution in [0.15, 0.2) is 18.2 Å². The third-order valence-corrected chi connectivity index (χ3v) is 3.24. The van der Waals surface area contributed by atoms with Gasteiger partial charge < -0.3 is 21.1 Å². The van der Waals surface area contributed by atoms with Gasteiger partial charge in [-0.1, -0.05) is 0 Å². The molecule has 1 saturated heterocycles. The van der Waals surface area contributed by atoms with Gasteiger partial charge in [-0.15, -0.1) is 0 Å². The maximum atomic E-state index is 12.1. The van der Waals surface area contributed by atoms with E-state index in [9.17, 15) is 9.90 Å². The van der Waals surface area contributed by atoms with Crippen LogP contribution in [0, 0.1) is 0 Å². The van der Waals surface area contributed by atoms with Crippen molar-refractivity contribution in [3.63, 3.8) is 0 Å². The van der Waals surface area contributed by atoms with Crippen LogP contribution in [-0.4, -0.2) is 42.1 Å². The van der Waals surface area contributed by atoms with Crippen LogP contribution in [0.1, 0.15) is 23.2 Å². The topological polar surface area (TPSA) is 78.6 Å². The fraction of sp³-hybridized carbons (Fsp3) is 0.462. The highest BCUT2D eigenvalue weighted by molar-refractivity contribution is 5.99. The van der Waals surface area contributed by atoms with Gasteiger partial charge in [-0.3, -0.25) is 4.79 Å². The van der Waals surface area contributed by atoms with Crippen molar-refractivity contribution in [3.8, 4) is 5.75 Å². The Morgan fingerprint density at radius 2 is 2.33 bits per heavy atom. The van der Waals surface area contributed by atoms with E-state index < -0.39 is 0 Å². The summed E-state index contributed by atoms with van der Waals surface area (Å²) in [7, 11) is 2.04. The van der Waals surface area contributed by atoms with Crippen LogP contribution in [0.25, 0.3) is 0 Å². The minimum Gasteiger partial charge on any atom is -0.508 e. The summed E-state index contributed by atoms with van der Waals surface area (Å²) >= 11 is 0. The summed E-state index contributed by atoms with van der Waals surface area (Å²) in [4.78, 5) is 14.3. The van der Waals surface area contributed by atoms with E-state index in [1.165, 1.54) is 18.2 Å². The number of benzene rings is 1. The number of phenols is 1. The number of phenolic OH excluding ortho intramolecular Hbond substituents is 1. The Hall–Kier alpha value is -1.75. The summed E-state index contributed by atoms with van der Waals surface area (Å²) in [5, 5.41) is 12.4. The molecule has 0 radical (unpaired) electrons. The number of nitrogens with two attached hydrogens (primary N) is 1. The second-order valence-corrected chi connectivity index (χ2v) is 4.85. The van der Waals surface area contributed by atoms with Crippen molar-refractivity contribution in [3.05, 3.63) is 23.8 Å². The molecule has 98 valence electrons. The molecule has 0 spiro atoms. The molecule has 1 aliphatic heterocycles. The highest BCUT2D eigenvalue weighted by atomic mass is 16.3. The summed E-state index contributed by atoms with van der Waals surface area (Å²) in [6, 6.07) is 4.56. The molecule has 0 bridgehead atoms. The number of anilines is 1. The lowest BCUT2D eigenvalue weighted by molar-refractivity contribution is 0.0913. The smallest absolute Gasteiger partial charge is 0.253 e. The van der Waals surface area contributed by atoms with Gasteiger partial charge in [0.1, 0.15) is 5.75 Å². The van der Waals surface area contributed by atoms with Gasteiger partial charge in [-0.05, 0) is 44.6 Å². The van der Waals surface area contributed by atoms with E-state index >= 15 is 0 Å². The first kappa shape index (κ1) is 12.7. The third kappa shape index (κ3) is 2.92. The number of hydrogen-bond acceptors (Lipinski definition) is 4. The van der Waals surface area contributed by atoms with E-state index in [1.807, 2.05) is 7.05 Å². The minimum atomic E-state index is -0.219. The Balaban J connectivity index is 2.05. The molecule has 2 rings (SSSR count). The van der Waals surface area contributed by atoms with Crippen LogP contribution < -0.4 is 11.1 Å². The Kier molecular flexibility index (Phi) is 3.72. The molecule has 1 atom stereocenters. The van der Waals surface area contributed by atoms with E-state index in [0.717, 1.165) is 25.9 Å². The van der Waals surface area contributed by atoms with Crippen LogP contribution >= 0.6 is 0 Å². The average Bonchev–Trinajstić information content (AvgIpc) is 2.32. The van der Waals surface area contributed by atoms with E-state index in [2.05, 4.69) is 10.2 Å². The zero-order valence-corrected chi connectivity index (χ0v) is 10.5. The predicted molar refractivity (Wildman–Crippen MR) is 70.5 cm³/mol. The highest BCUT2D eigenvalue weighted by Crippen LogP contribution is 2.19. The summed E-state index contributed by atoms with van der Waals surface area (Å²) in [5.41, 5.74) is 6.46. The average molecular weight is 249 g/mol. The quantitative estimate of drug-likeness (QED) is 0.535. The van der Waals surface area contributed by atoms with Crippen molar-refractivity contribution < 1.29 is 9.90 Å². The maximum absolute atomic E-state index is 12.1. The summed E-state index contributed by atoms with van der Waals surface area (Å²) in [6.45, 7) is 1.92. The normalized spacial score (nSPS) is 20.6. The number of nitrogen functional groups attached to an aromatic ring is 1. The SMILES string of the molecule is CN1CCCC(NC(=O)c2cc(O)ccc2N)C1. The molecule has 0 aromatic heterocycles. The summed E-state index contributed by atoms with van der Waals surface area (Å²) in [5.74, 6) is -0.168. The molecule has 1 amide bonds. The molecule has 4 N–H and O–H groups in total. The van der Waals surface area contributed by atoms with E-state index in [1.54, 1.807) is 0 Å². The lowest BCUT2D eigenvalue weighted by Crippen LogP contribution is -2.46. The van der Waals surface area contributed by atoms with Crippen molar-refractivity contribution in [1.29, 1.82) is 0 Å². The number of likely N-dealkylation sites (tertiary alicyclic amines) is 1. The Morgan fingerprint density at radius 1 is 1.56 bits per heavy atom. The van der Waals surface area contributed by atoms with Crippen molar-refractivity contribution in [1.82, 2.24) is 10.2 Å². The van der Waals surface area contributed by atoms with Crippen molar-refractivity contribution in [2.45, 2.75) is 18.9 Å². The lowest BCUT2D eigenvalue weighted by Gasteiger charge is -2.30. The molecular weight excluding hydrogens is 230 g/mol. The molecule has 1 aromatic carbocycles. The van der Waals surface area contributed by atoms with Crippen LogP contribution in [0.5, 0.6) is 5.75 Å². The van der Waals surface area contributed by atoms with Gasteiger partial charge in [0.2, 0.25) is 0 Å². The zero-order valence-electron chi connectivity index (χ0n) is 10.5. The van der Waals surface area contributed by atoms with Gasteiger partial charge in [0.05, 0.1) is 5.56 Å². The Labute approximate surface area is 107 Å². The summed E-state index contributed by atoms with van der Waals surface area (Å²) < 4.78 is 0. The number of carbonyl (C=O) groups excluding carboxylic acids is 1. The molecule has 18 heavy (non-hydrogen) atoms. The number of nitrogens with one attached hydrogen (secondary N) is 1. The molecule has 0 aliphatic carbocycles. The van der Waals surface area contributed by atoms with Gasteiger partial charge in [-0.2, -0.15) is 0 Å². The second-order valence-electron chi connectivity index (χ2n) is 4.85. The monoisotopic (exact) mass is 249 g/mol. The number of nitrogens with zero attached hydrogens (tertiary/aromatic N) is 1. The van der Waals surface area contributed by atoms with Gasteiger partial charge in [-0.25, -0.2) is 0 Å². The summed E-state index contributed by atoms with van der Waals surface area (Å²) in [6.07, 6.45) is 2.06. The first-order chi connectivity index (χ1) is 8.56. The fourth-order valence-corrected chi connectivity index (χ4v) is 2.29. The van der Waals surface area contributed by atoms with Gasteiger partial charge in [0.25, 0.3) is 5.91 Å². The molecular formula is C13H19N3O2. The van der Waals surface area contributed by atoms with Gasteiger partial charge in [0.15, 0.2) is 0 Å². The fourth-order valence-electron chi connectivity index (χ4n) is 2.29. The van der Waals surface area contributed by atoms with E-state index in [-0.39, 0.29) is 17.7 Å². The number of amides is 1. The first-order valence-electron chi connectivity index (χ1n) is 6.14. The van der Waals surface area contributed by atoms with Crippen LogP contribution in [0.4, 0.5) is 5.69 Å². The zero-order chi connectivity index (χ0) is 13.1. The first-order valence-corrected chi connectivity index (χ1v) is 6.14. The molecule has 0 saturated carbocycles. The van der Waals surface area contributed by atoms with Crippen LogP contribution in [-0.2, 0) is 0 Å². The third-order valence-electron chi connectivity index (χ3n) is 3.24. The van der Waals surface area contributed by atoms with Gasteiger partial charge >= 0.3 is 0 Å². The van der Waals surface area contributed by atoms with E-state index in [0.29, 0.717) is 11.3 Å². The van der Waals surface area contributed by atoms with Crippen molar-refractivity contribution in [2.75, 3.05) is 25.9 Å². The molecule has 1 aliphatic rings. The number of likely N-dealkylation sites (N-methyl/N-ethyl adjacent to an activating group) is 1. The lowest BCUT2D eigenvalue weighted by atomic mass is 10.1. The molecule has 1 heterocycles. The number of hydrogen-bond donors (Lipinski definition) is 3. The molecule has 1 fully saturated rings. The molecule has 5 nitrogen and oxygen atoms in total. The standard InChI is InChI=1S/C13H19N3O2/c1-16-6-2-3-9(8-16)15-13(18)11-7-10(17)4-5-12(11)14/h4-5,7,9,17H,2-3,6,8,14H2,1H3,(H,15,18). The van der Waals surface area contributed by atoms with Crippen molar-refractivity contribution >= 4 is 11.6 Å². The minimum absolute atomic E-state index is 0.0510. The maximum Gasteiger partial charge on any atom is 0.253 e. The predicted octanol–water partition coefficient (Wildman–Crippen LogP) is 0.798. The van der Waals surface area contributed by atoms with Crippen molar-refractivity contribution in [2.24, 2.45) is 0 Å². The Bertz CT molecular complexity index is 448. The van der Waals surface area contributed by atoms with E-state index in [4.69, 9.17) is 5.73 Å². The largest absolute Gasteiger partial charge is 0.508 e. The van der Waals surface area contributed by atoms with Gasteiger partial charge in [0, 0.05) is 18.3 Å². The second kappa shape index (κ2) is 5.27. The van der Waals surface area contributed by atoms with Crippen LogP contribution in [0.3, 0.4) is 0 Å². The number of aromatic hydroxyl groups is 1. The number of piperidine rings is 1. The Morgan fingerprint density at radius 3 is 3.06 bits per heavy atom. The number of rotatable bonds is 2. The number of carbonyl (C=O) groups is 1.